The third-order valence-electron chi connectivity index (χ3n) is 5.89. The largest absolute Gasteiger partial charge is 0.507 e. The Bertz CT molecular complexity index is 1350. The van der Waals surface area contributed by atoms with E-state index in [-0.39, 0.29) is 24.2 Å². The molecule has 2 aromatic carbocycles. The molecule has 0 spiro atoms. The SMILES string of the molecule is Cc1cc(/C(O)=C2\C(=O)C(=O)N(c3ccc4c(c3)OCO4)C2c2cccnc2)ccc1OC(C)C. The summed E-state index contributed by atoms with van der Waals surface area (Å²) in [6.45, 7) is 5.80. The van der Waals surface area contributed by atoms with E-state index < -0.39 is 17.7 Å². The Hall–Kier alpha value is -4.33. The minimum absolute atomic E-state index is 0.00856. The molecule has 1 N–H and O–H groups in total. The maximum absolute atomic E-state index is 13.3. The number of pyridine rings is 1. The first-order valence-corrected chi connectivity index (χ1v) is 11.2. The van der Waals surface area contributed by atoms with Crippen molar-refractivity contribution in [1.82, 2.24) is 4.98 Å². The van der Waals surface area contributed by atoms with Crippen LogP contribution >= 0.6 is 0 Å². The van der Waals surface area contributed by atoms with Gasteiger partial charge in [-0.1, -0.05) is 6.07 Å². The molecular weight excluding hydrogens is 448 g/mol. The molecule has 1 aromatic heterocycles. The van der Waals surface area contributed by atoms with Crippen molar-refractivity contribution < 1.29 is 28.9 Å². The van der Waals surface area contributed by atoms with Crippen LogP contribution in [-0.2, 0) is 9.59 Å². The molecule has 3 heterocycles. The third kappa shape index (κ3) is 3.97. The lowest BCUT2D eigenvalue weighted by atomic mass is 9.95. The Morgan fingerprint density at radius 1 is 1.11 bits per heavy atom. The molecule has 3 aromatic rings. The number of amides is 1. The van der Waals surface area contributed by atoms with E-state index in [1.807, 2.05) is 20.8 Å². The molecule has 178 valence electrons. The zero-order valence-corrected chi connectivity index (χ0v) is 19.5. The van der Waals surface area contributed by atoms with Gasteiger partial charge in [-0.15, -0.1) is 0 Å². The number of rotatable bonds is 5. The summed E-state index contributed by atoms with van der Waals surface area (Å²) in [6.07, 6.45) is 3.17. The van der Waals surface area contributed by atoms with Gasteiger partial charge in [0.15, 0.2) is 11.5 Å². The Morgan fingerprint density at radius 2 is 1.91 bits per heavy atom. The van der Waals surface area contributed by atoms with Crippen molar-refractivity contribution in [1.29, 1.82) is 0 Å². The minimum Gasteiger partial charge on any atom is -0.507 e. The summed E-state index contributed by atoms with van der Waals surface area (Å²) < 4.78 is 16.6. The molecule has 0 bridgehead atoms. The van der Waals surface area contributed by atoms with Gasteiger partial charge in [0.25, 0.3) is 11.7 Å². The lowest BCUT2D eigenvalue weighted by Crippen LogP contribution is -2.29. The van der Waals surface area contributed by atoms with Gasteiger partial charge in [0.2, 0.25) is 6.79 Å². The molecule has 1 unspecified atom stereocenters. The highest BCUT2D eigenvalue weighted by molar-refractivity contribution is 6.51. The summed E-state index contributed by atoms with van der Waals surface area (Å²) in [6, 6.07) is 12.8. The summed E-state index contributed by atoms with van der Waals surface area (Å²) in [5.41, 5.74) is 2.22. The average molecular weight is 472 g/mol. The van der Waals surface area contributed by atoms with E-state index in [4.69, 9.17) is 14.2 Å². The van der Waals surface area contributed by atoms with Crippen LogP contribution in [0.1, 0.15) is 36.6 Å². The highest BCUT2D eigenvalue weighted by Crippen LogP contribution is 2.44. The average Bonchev–Trinajstić information content (AvgIpc) is 3.42. The number of anilines is 1. The Kier molecular flexibility index (Phi) is 5.64. The zero-order valence-electron chi connectivity index (χ0n) is 19.5. The highest BCUT2D eigenvalue weighted by atomic mass is 16.7. The fraction of sp³-hybridized carbons (Fsp3) is 0.222. The number of aromatic nitrogens is 1. The maximum atomic E-state index is 13.3. The van der Waals surface area contributed by atoms with Crippen LogP contribution in [0.2, 0.25) is 0 Å². The number of ether oxygens (including phenoxy) is 3. The van der Waals surface area contributed by atoms with Gasteiger partial charge < -0.3 is 19.3 Å². The molecule has 2 aliphatic heterocycles. The summed E-state index contributed by atoms with van der Waals surface area (Å²) in [5.74, 6) is -0.0844. The van der Waals surface area contributed by atoms with Crippen LogP contribution in [0.15, 0.2) is 66.5 Å². The second-order valence-corrected chi connectivity index (χ2v) is 8.64. The van der Waals surface area contributed by atoms with Crippen molar-refractivity contribution >= 4 is 23.1 Å². The Balaban J connectivity index is 1.65. The van der Waals surface area contributed by atoms with Crippen LogP contribution in [0.3, 0.4) is 0 Å². The molecule has 8 heteroatoms. The lowest BCUT2D eigenvalue weighted by molar-refractivity contribution is -0.132. The summed E-state index contributed by atoms with van der Waals surface area (Å²) in [7, 11) is 0. The maximum Gasteiger partial charge on any atom is 0.300 e. The van der Waals surface area contributed by atoms with Crippen LogP contribution in [0.5, 0.6) is 17.2 Å². The smallest absolute Gasteiger partial charge is 0.300 e. The molecule has 1 atom stereocenters. The van der Waals surface area contributed by atoms with Gasteiger partial charge in [0.1, 0.15) is 11.5 Å². The van der Waals surface area contributed by atoms with Gasteiger partial charge in [-0.25, -0.2) is 0 Å². The van der Waals surface area contributed by atoms with Gasteiger partial charge in [0, 0.05) is 29.7 Å². The Morgan fingerprint density at radius 3 is 2.63 bits per heavy atom. The number of aliphatic hydroxyl groups excluding tert-OH is 1. The van der Waals surface area contributed by atoms with E-state index >= 15 is 0 Å². The van der Waals surface area contributed by atoms with Crippen molar-refractivity contribution in [2.45, 2.75) is 32.9 Å². The molecule has 0 aliphatic carbocycles. The quantitative estimate of drug-likeness (QED) is 0.331. The van der Waals surface area contributed by atoms with Crippen molar-refractivity contribution in [3.8, 4) is 17.2 Å². The van der Waals surface area contributed by atoms with Crippen LogP contribution in [0.25, 0.3) is 5.76 Å². The number of benzene rings is 2. The first kappa shape index (κ1) is 22.5. The number of carbonyl (C=O) groups excluding carboxylic acids is 2. The van der Waals surface area contributed by atoms with Crippen LogP contribution in [0.4, 0.5) is 5.69 Å². The molecular formula is C27H24N2O6. The number of aryl methyl sites for hydroxylation is 1. The number of nitrogens with zero attached hydrogens (tertiary/aromatic N) is 2. The first-order valence-electron chi connectivity index (χ1n) is 11.2. The lowest BCUT2D eigenvalue weighted by Gasteiger charge is -2.25. The number of hydrogen-bond acceptors (Lipinski definition) is 7. The van der Waals surface area contributed by atoms with E-state index in [0.29, 0.717) is 34.1 Å². The number of fused-ring (bicyclic) bond motifs is 1. The fourth-order valence-corrected chi connectivity index (χ4v) is 4.33. The molecule has 1 saturated heterocycles. The normalized spacial score (nSPS) is 18.4. The molecule has 35 heavy (non-hydrogen) atoms. The van der Waals surface area contributed by atoms with Crippen LogP contribution in [0, 0.1) is 6.92 Å². The molecule has 0 radical (unpaired) electrons. The van der Waals surface area contributed by atoms with Crippen molar-refractivity contribution in [2.24, 2.45) is 0 Å². The predicted octanol–water partition coefficient (Wildman–Crippen LogP) is 4.53. The summed E-state index contributed by atoms with van der Waals surface area (Å²) >= 11 is 0. The standard InChI is InChI=1S/C27H24N2O6/c1-15(2)35-20-8-6-17(11-16(20)3)25(30)23-24(18-5-4-10-28-13-18)29(27(32)26(23)31)19-7-9-21-22(12-19)34-14-33-21/h4-13,15,24,30H,14H2,1-3H3/b25-23+. The van der Waals surface area contributed by atoms with E-state index in [1.165, 1.54) is 4.90 Å². The monoisotopic (exact) mass is 472 g/mol. The van der Waals surface area contributed by atoms with Gasteiger partial charge in [-0.3, -0.25) is 19.5 Å². The van der Waals surface area contributed by atoms with E-state index in [1.54, 1.807) is 60.9 Å². The van der Waals surface area contributed by atoms with Crippen LogP contribution in [-0.4, -0.2) is 34.7 Å². The second-order valence-electron chi connectivity index (χ2n) is 8.64. The summed E-state index contributed by atoms with van der Waals surface area (Å²) in [4.78, 5) is 32.1. The number of Topliss-reactive ketones (excluding diaryl/α,β-unsaturated/α-hetero) is 1. The molecule has 1 amide bonds. The molecule has 8 nitrogen and oxygen atoms in total. The van der Waals surface area contributed by atoms with Crippen molar-refractivity contribution in [2.75, 3.05) is 11.7 Å². The van der Waals surface area contributed by atoms with Gasteiger partial charge in [0.05, 0.1) is 17.7 Å². The topological polar surface area (TPSA) is 98.2 Å². The third-order valence-corrected chi connectivity index (χ3v) is 5.89. The minimum atomic E-state index is -0.879. The molecule has 2 aliphatic rings. The summed E-state index contributed by atoms with van der Waals surface area (Å²) in [5, 5.41) is 11.3. The van der Waals surface area contributed by atoms with Crippen LogP contribution < -0.4 is 19.1 Å². The Labute approximate surface area is 202 Å². The van der Waals surface area contributed by atoms with Gasteiger partial charge >= 0.3 is 0 Å². The van der Waals surface area contributed by atoms with E-state index in [2.05, 4.69) is 4.98 Å². The van der Waals surface area contributed by atoms with E-state index in [0.717, 1.165) is 5.56 Å². The first-order chi connectivity index (χ1) is 16.8. The number of hydrogen-bond donors (Lipinski definition) is 1. The van der Waals surface area contributed by atoms with Crippen molar-refractivity contribution in [3.05, 3.63) is 83.2 Å². The highest BCUT2D eigenvalue weighted by Gasteiger charge is 2.47. The number of carbonyl (C=O) groups is 2. The second kappa shape index (κ2) is 8.79. The van der Waals surface area contributed by atoms with Gasteiger partial charge in [-0.05, 0) is 68.3 Å². The number of ketones is 1. The van der Waals surface area contributed by atoms with Gasteiger partial charge in [-0.2, -0.15) is 0 Å². The van der Waals surface area contributed by atoms with Crippen molar-refractivity contribution in [3.63, 3.8) is 0 Å². The predicted molar refractivity (Wildman–Crippen MR) is 129 cm³/mol. The molecule has 5 rings (SSSR count). The fourth-order valence-electron chi connectivity index (χ4n) is 4.33. The molecule has 0 saturated carbocycles. The zero-order chi connectivity index (χ0) is 24.7. The molecule has 1 fully saturated rings. The number of aliphatic hydroxyl groups is 1. The van der Waals surface area contributed by atoms with E-state index in [9.17, 15) is 14.7 Å².